The monoisotopic (exact) mass is 382 g/mol. The van der Waals surface area contributed by atoms with E-state index >= 15 is 0 Å². The van der Waals surface area contributed by atoms with Gasteiger partial charge in [0.05, 0.1) is 14.2 Å². The van der Waals surface area contributed by atoms with Crippen LogP contribution in [0.1, 0.15) is 29.8 Å². The van der Waals surface area contributed by atoms with Gasteiger partial charge in [-0.1, -0.05) is 6.07 Å². The van der Waals surface area contributed by atoms with Crippen molar-refractivity contribution < 1.29 is 19.1 Å². The predicted molar refractivity (Wildman–Crippen MR) is 111 cm³/mol. The highest BCUT2D eigenvalue weighted by Crippen LogP contribution is 2.23. The van der Waals surface area contributed by atoms with E-state index in [9.17, 15) is 9.59 Å². The summed E-state index contributed by atoms with van der Waals surface area (Å²) in [6, 6.07) is 12.3. The van der Waals surface area contributed by atoms with Crippen molar-refractivity contribution >= 4 is 23.6 Å². The first kappa shape index (κ1) is 21.0. The largest absolute Gasteiger partial charge is 0.497 e. The number of amides is 2. The third-order valence-electron chi connectivity index (χ3n) is 4.23. The van der Waals surface area contributed by atoms with E-state index in [4.69, 9.17) is 9.47 Å². The summed E-state index contributed by atoms with van der Waals surface area (Å²) in [5.74, 6) is 0.929. The lowest BCUT2D eigenvalue weighted by atomic mass is 10.1. The second-order valence-electron chi connectivity index (χ2n) is 6.03. The van der Waals surface area contributed by atoms with Crippen LogP contribution < -0.4 is 14.8 Å². The summed E-state index contributed by atoms with van der Waals surface area (Å²) in [6.07, 6.45) is 3.10. The van der Waals surface area contributed by atoms with Crippen LogP contribution in [0.4, 0.5) is 5.69 Å². The average molecular weight is 382 g/mol. The first-order chi connectivity index (χ1) is 13.5. The van der Waals surface area contributed by atoms with Gasteiger partial charge in [-0.2, -0.15) is 0 Å². The highest BCUT2D eigenvalue weighted by atomic mass is 16.5. The molecule has 0 unspecified atom stereocenters. The molecule has 0 aliphatic heterocycles. The van der Waals surface area contributed by atoms with Gasteiger partial charge in [-0.05, 0) is 55.8 Å². The molecule has 0 spiro atoms. The molecule has 2 aromatic carbocycles. The quantitative estimate of drug-likeness (QED) is 0.705. The summed E-state index contributed by atoms with van der Waals surface area (Å²) in [6.45, 7) is 5.15. The molecule has 0 bridgehead atoms. The number of rotatable bonds is 8. The molecule has 148 valence electrons. The standard InChI is InChI=1S/C22H26N2O4/c1-5-24(6-2)22(26)17-8-7-9-18(14-17)23-21(25)11-10-16-12-19(27-3)15-20(13-16)28-4/h7-15H,5-6H2,1-4H3,(H,23,25)/b11-10+. The maximum absolute atomic E-state index is 12.5. The Kier molecular flexibility index (Phi) is 7.63. The summed E-state index contributed by atoms with van der Waals surface area (Å²) in [7, 11) is 3.14. The molecule has 0 aromatic heterocycles. The van der Waals surface area contributed by atoms with Crippen molar-refractivity contribution in [3.63, 3.8) is 0 Å². The summed E-state index contributed by atoms with van der Waals surface area (Å²) < 4.78 is 10.4. The van der Waals surface area contributed by atoms with E-state index in [1.54, 1.807) is 67.7 Å². The van der Waals surface area contributed by atoms with E-state index in [1.165, 1.54) is 6.08 Å². The Morgan fingerprint density at radius 1 is 1.00 bits per heavy atom. The van der Waals surface area contributed by atoms with Crippen molar-refractivity contribution in [2.75, 3.05) is 32.6 Å². The fourth-order valence-corrected chi connectivity index (χ4v) is 2.70. The second-order valence-corrected chi connectivity index (χ2v) is 6.03. The summed E-state index contributed by atoms with van der Waals surface area (Å²) in [4.78, 5) is 26.5. The Hall–Kier alpha value is -3.28. The zero-order valence-corrected chi connectivity index (χ0v) is 16.7. The van der Waals surface area contributed by atoms with Gasteiger partial charge in [-0.25, -0.2) is 0 Å². The molecule has 6 nitrogen and oxygen atoms in total. The van der Waals surface area contributed by atoms with Crippen LogP contribution in [0, 0.1) is 0 Å². The Bertz CT molecular complexity index is 835. The van der Waals surface area contributed by atoms with Gasteiger partial charge in [0.2, 0.25) is 5.91 Å². The fourth-order valence-electron chi connectivity index (χ4n) is 2.70. The normalized spacial score (nSPS) is 10.6. The molecule has 0 aliphatic rings. The third kappa shape index (κ3) is 5.61. The predicted octanol–water partition coefficient (Wildman–Crippen LogP) is 3.84. The minimum Gasteiger partial charge on any atom is -0.497 e. The molecule has 0 heterocycles. The maximum Gasteiger partial charge on any atom is 0.253 e. The second kappa shape index (κ2) is 10.2. The van der Waals surface area contributed by atoms with Crippen LogP contribution >= 0.6 is 0 Å². The zero-order valence-electron chi connectivity index (χ0n) is 16.7. The molecular formula is C22H26N2O4. The van der Waals surface area contributed by atoms with Gasteiger partial charge in [-0.15, -0.1) is 0 Å². The molecule has 1 N–H and O–H groups in total. The molecule has 28 heavy (non-hydrogen) atoms. The number of hydrogen-bond acceptors (Lipinski definition) is 4. The number of anilines is 1. The topological polar surface area (TPSA) is 67.9 Å². The maximum atomic E-state index is 12.5. The van der Waals surface area contributed by atoms with E-state index < -0.39 is 0 Å². The van der Waals surface area contributed by atoms with Crippen molar-refractivity contribution in [1.29, 1.82) is 0 Å². The number of ether oxygens (including phenoxy) is 2. The van der Waals surface area contributed by atoms with E-state index in [-0.39, 0.29) is 11.8 Å². The van der Waals surface area contributed by atoms with Crippen molar-refractivity contribution in [3.05, 3.63) is 59.7 Å². The van der Waals surface area contributed by atoms with Crippen LogP contribution in [0.5, 0.6) is 11.5 Å². The Morgan fingerprint density at radius 3 is 2.21 bits per heavy atom. The number of carbonyl (C=O) groups excluding carboxylic acids is 2. The summed E-state index contributed by atoms with van der Waals surface area (Å²) >= 11 is 0. The number of nitrogens with one attached hydrogen (secondary N) is 1. The Labute approximate surface area is 165 Å². The van der Waals surface area contributed by atoms with Crippen LogP contribution in [-0.2, 0) is 4.79 Å². The van der Waals surface area contributed by atoms with Crippen LogP contribution in [0.15, 0.2) is 48.5 Å². The van der Waals surface area contributed by atoms with Crippen molar-refractivity contribution in [2.45, 2.75) is 13.8 Å². The highest BCUT2D eigenvalue weighted by Gasteiger charge is 2.12. The molecule has 0 fully saturated rings. The summed E-state index contributed by atoms with van der Waals surface area (Å²) in [5.41, 5.74) is 1.88. The van der Waals surface area contributed by atoms with Crippen molar-refractivity contribution in [3.8, 4) is 11.5 Å². The lowest BCUT2D eigenvalue weighted by Gasteiger charge is -2.18. The zero-order chi connectivity index (χ0) is 20.5. The fraction of sp³-hybridized carbons (Fsp3) is 0.273. The SMILES string of the molecule is CCN(CC)C(=O)c1cccc(NC(=O)/C=C/c2cc(OC)cc(OC)c2)c1. The van der Waals surface area contributed by atoms with Crippen molar-refractivity contribution in [2.24, 2.45) is 0 Å². The first-order valence-electron chi connectivity index (χ1n) is 9.12. The molecule has 2 rings (SSSR count). The van der Waals surface area contributed by atoms with Gasteiger partial charge in [0.25, 0.3) is 5.91 Å². The molecule has 0 radical (unpaired) electrons. The molecule has 2 amide bonds. The van der Waals surface area contributed by atoms with E-state index in [0.717, 1.165) is 5.56 Å². The Morgan fingerprint density at radius 2 is 1.64 bits per heavy atom. The number of carbonyl (C=O) groups is 2. The van der Waals surface area contributed by atoms with Crippen molar-refractivity contribution in [1.82, 2.24) is 4.90 Å². The number of hydrogen-bond donors (Lipinski definition) is 1. The van der Waals surface area contributed by atoms with Gasteiger partial charge in [0.1, 0.15) is 11.5 Å². The molecule has 0 atom stereocenters. The van der Waals surface area contributed by atoms with Gasteiger partial charge >= 0.3 is 0 Å². The van der Waals surface area contributed by atoms with Crippen LogP contribution in [0.2, 0.25) is 0 Å². The minimum atomic E-state index is -0.297. The molecular weight excluding hydrogens is 356 g/mol. The Balaban J connectivity index is 2.10. The van der Waals surface area contributed by atoms with Gasteiger partial charge in [-0.3, -0.25) is 9.59 Å². The van der Waals surface area contributed by atoms with Gasteiger partial charge in [0.15, 0.2) is 0 Å². The smallest absolute Gasteiger partial charge is 0.253 e. The van der Waals surface area contributed by atoms with E-state index in [0.29, 0.717) is 35.8 Å². The molecule has 0 aliphatic carbocycles. The first-order valence-corrected chi connectivity index (χ1v) is 9.12. The van der Waals surface area contributed by atoms with E-state index in [1.807, 2.05) is 13.8 Å². The molecule has 0 saturated carbocycles. The van der Waals surface area contributed by atoms with Gasteiger partial charge < -0.3 is 19.7 Å². The lowest BCUT2D eigenvalue weighted by molar-refractivity contribution is -0.111. The summed E-state index contributed by atoms with van der Waals surface area (Å²) in [5, 5.41) is 2.78. The minimum absolute atomic E-state index is 0.0554. The van der Waals surface area contributed by atoms with Crippen LogP contribution in [0.3, 0.4) is 0 Å². The lowest BCUT2D eigenvalue weighted by Crippen LogP contribution is -2.30. The number of benzene rings is 2. The molecule has 6 heteroatoms. The van der Waals surface area contributed by atoms with Gasteiger partial charge in [0, 0.05) is 36.5 Å². The number of nitrogens with zero attached hydrogens (tertiary/aromatic N) is 1. The highest BCUT2D eigenvalue weighted by molar-refractivity contribution is 6.03. The number of methoxy groups -OCH3 is 2. The molecule has 0 saturated heterocycles. The third-order valence-corrected chi connectivity index (χ3v) is 4.23. The molecule has 2 aromatic rings. The average Bonchev–Trinajstić information content (AvgIpc) is 2.72. The van der Waals surface area contributed by atoms with Crippen LogP contribution in [-0.4, -0.2) is 44.0 Å². The van der Waals surface area contributed by atoms with Crippen LogP contribution in [0.25, 0.3) is 6.08 Å². The van der Waals surface area contributed by atoms with E-state index in [2.05, 4.69) is 5.32 Å².